The Labute approximate surface area is 102 Å². The molecule has 0 unspecified atom stereocenters. The summed E-state index contributed by atoms with van der Waals surface area (Å²) in [5, 5.41) is 0. The summed E-state index contributed by atoms with van der Waals surface area (Å²) >= 11 is 0. The predicted octanol–water partition coefficient (Wildman–Crippen LogP) is 2.17. The Bertz CT molecular complexity index is 435. The maximum absolute atomic E-state index is 5.91. The second-order valence-corrected chi connectivity index (χ2v) is 4.33. The van der Waals surface area contributed by atoms with E-state index in [0.29, 0.717) is 0 Å². The topological polar surface area (TPSA) is 55.3 Å². The van der Waals surface area contributed by atoms with Crippen LogP contribution in [-0.4, -0.2) is 18.0 Å². The lowest BCUT2D eigenvalue weighted by atomic mass is 10.1. The van der Waals surface area contributed by atoms with E-state index in [-0.39, 0.29) is 0 Å². The first-order valence-corrected chi connectivity index (χ1v) is 5.97. The van der Waals surface area contributed by atoms with E-state index in [9.17, 15) is 0 Å². The quantitative estimate of drug-likeness (QED) is 0.778. The van der Waals surface area contributed by atoms with Crippen LogP contribution in [0.5, 0.6) is 0 Å². The smallest absolute Gasteiger partial charge is 0.0357 e. The molecule has 0 atom stereocenters. The third kappa shape index (κ3) is 3.28. The van der Waals surface area contributed by atoms with E-state index in [4.69, 9.17) is 11.5 Å². The van der Waals surface area contributed by atoms with Crippen molar-refractivity contribution in [2.24, 2.45) is 0 Å². The van der Waals surface area contributed by atoms with Gasteiger partial charge in [0.25, 0.3) is 0 Å². The van der Waals surface area contributed by atoms with Gasteiger partial charge < -0.3 is 16.4 Å². The van der Waals surface area contributed by atoms with Crippen molar-refractivity contribution in [2.75, 3.05) is 24.6 Å². The molecule has 0 fully saturated rings. The van der Waals surface area contributed by atoms with Crippen molar-refractivity contribution < 1.29 is 0 Å². The van der Waals surface area contributed by atoms with Crippen molar-refractivity contribution in [1.82, 2.24) is 4.90 Å². The Morgan fingerprint density at radius 1 is 1.18 bits per heavy atom. The van der Waals surface area contributed by atoms with Crippen LogP contribution in [0.4, 0.5) is 11.4 Å². The summed E-state index contributed by atoms with van der Waals surface area (Å²) < 4.78 is 0. The van der Waals surface area contributed by atoms with Crippen molar-refractivity contribution in [3.63, 3.8) is 0 Å². The molecule has 3 nitrogen and oxygen atoms in total. The van der Waals surface area contributed by atoms with Gasteiger partial charge in [-0.2, -0.15) is 0 Å². The molecule has 2 rings (SSSR count). The van der Waals surface area contributed by atoms with E-state index in [2.05, 4.69) is 29.3 Å². The summed E-state index contributed by atoms with van der Waals surface area (Å²) in [5.41, 5.74) is 14.5. The first-order chi connectivity index (χ1) is 8.25. The number of hydrogen-bond acceptors (Lipinski definition) is 3. The van der Waals surface area contributed by atoms with Crippen LogP contribution in [0.15, 0.2) is 42.6 Å². The van der Waals surface area contributed by atoms with Gasteiger partial charge in [-0.15, -0.1) is 0 Å². The molecule has 1 aliphatic heterocycles. The van der Waals surface area contributed by atoms with Crippen LogP contribution in [0.3, 0.4) is 0 Å². The fourth-order valence-corrected chi connectivity index (χ4v) is 1.99. The van der Waals surface area contributed by atoms with Crippen LogP contribution in [0.2, 0.25) is 0 Å². The molecule has 1 aliphatic rings. The van der Waals surface area contributed by atoms with Crippen LogP contribution < -0.4 is 11.5 Å². The van der Waals surface area contributed by atoms with E-state index in [1.54, 1.807) is 0 Å². The molecule has 1 aromatic rings. The van der Waals surface area contributed by atoms with Crippen LogP contribution in [0.25, 0.3) is 0 Å². The SMILES string of the molecule is Nc1ccc(N)c(CCCN2C=CC=CC2)c1. The minimum Gasteiger partial charge on any atom is -0.399 e. The van der Waals surface area contributed by atoms with E-state index >= 15 is 0 Å². The number of nitrogen functional groups attached to an aromatic ring is 2. The Morgan fingerprint density at radius 3 is 2.82 bits per heavy atom. The Balaban J connectivity index is 1.83. The molecular weight excluding hydrogens is 210 g/mol. The van der Waals surface area contributed by atoms with Crippen molar-refractivity contribution in [3.05, 3.63) is 48.2 Å². The van der Waals surface area contributed by atoms with Crippen LogP contribution in [0.1, 0.15) is 12.0 Å². The molecule has 3 heteroatoms. The second kappa shape index (κ2) is 5.43. The highest BCUT2D eigenvalue weighted by Crippen LogP contribution is 2.17. The fourth-order valence-electron chi connectivity index (χ4n) is 1.99. The normalized spacial score (nSPS) is 14.2. The Morgan fingerprint density at radius 2 is 2.06 bits per heavy atom. The van der Waals surface area contributed by atoms with E-state index in [1.807, 2.05) is 18.2 Å². The molecule has 0 radical (unpaired) electrons. The molecular formula is C14H19N3. The number of rotatable bonds is 4. The zero-order chi connectivity index (χ0) is 12.1. The van der Waals surface area contributed by atoms with E-state index < -0.39 is 0 Å². The molecule has 17 heavy (non-hydrogen) atoms. The minimum absolute atomic E-state index is 0.787. The summed E-state index contributed by atoms with van der Waals surface area (Å²) in [7, 11) is 0. The third-order valence-corrected chi connectivity index (χ3v) is 2.94. The molecule has 1 heterocycles. The molecule has 4 N–H and O–H groups in total. The molecule has 0 aliphatic carbocycles. The highest BCUT2D eigenvalue weighted by Gasteiger charge is 2.03. The molecule has 0 spiro atoms. The van der Waals surface area contributed by atoms with Crippen LogP contribution in [-0.2, 0) is 6.42 Å². The molecule has 1 aromatic carbocycles. The Kier molecular flexibility index (Phi) is 3.70. The maximum atomic E-state index is 5.91. The van der Waals surface area contributed by atoms with Gasteiger partial charge >= 0.3 is 0 Å². The van der Waals surface area contributed by atoms with Gasteiger partial charge in [-0.3, -0.25) is 0 Å². The van der Waals surface area contributed by atoms with Crippen LogP contribution in [0, 0.1) is 0 Å². The number of allylic oxidation sites excluding steroid dienone is 2. The Hall–Kier alpha value is -1.90. The van der Waals surface area contributed by atoms with E-state index in [0.717, 1.165) is 42.9 Å². The summed E-state index contributed by atoms with van der Waals surface area (Å²) in [5.74, 6) is 0. The summed E-state index contributed by atoms with van der Waals surface area (Å²) in [6, 6.07) is 5.70. The molecule has 0 bridgehead atoms. The number of aryl methyl sites for hydroxylation is 1. The zero-order valence-corrected chi connectivity index (χ0v) is 9.97. The average molecular weight is 229 g/mol. The van der Waals surface area contributed by atoms with Crippen molar-refractivity contribution in [3.8, 4) is 0 Å². The first-order valence-electron chi connectivity index (χ1n) is 5.97. The standard InChI is InChI=1S/C14H19N3/c15-13-6-7-14(16)12(11-13)5-4-10-17-8-2-1-3-9-17/h1-3,6-8,11H,4-5,9-10,15-16H2. The predicted molar refractivity (Wildman–Crippen MR) is 73.4 cm³/mol. The molecule has 0 saturated carbocycles. The maximum Gasteiger partial charge on any atom is 0.0357 e. The summed E-state index contributed by atoms with van der Waals surface area (Å²) in [6.07, 6.45) is 10.5. The lowest BCUT2D eigenvalue weighted by Gasteiger charge is -2.20. The third-order valence-electron chi connectivity index (χ3n) is 2.94. The highest BCUT2D eigenvalue weighted by molar-refractivity contribution is 5.55. The lowest BCUT2D eigenvalue weighted by Crippen LogP contribution is -2.20. The number of anilines is 2. The number of hydrogen-bond donors (Lipinski definition) is 2. The summed E-state index contributed by atoms with van der Waals surface area (Å²) in [4.78, 5) is 2.29. The van der Waals surface area contributed by atoms with Gasteiger partial charge in [-0.05, 0) is 48.9 Å². The lowest BCUT2D eigenvalue weighted by molar-refractivity contribution is 0.403. The highest BCUT2D eigenvalue weighted by atomic mass is 15.1. The van der Waals surface area contributed by atoms with Gasteiger partial charge in [0.05, 0.1) is 0 Å². The second-order valence-electron chi connectivity index (χ2n) is 4.33. The minimum atomic E-state index is 0.787. The van der Waals surface area contributed by atoms with Gasteiger partial charge in [0.15, 0.2) is 0 Å². The molecule has 0 amide bonds. The van der Waals surface area contributed by atoms with Crippen molar-refractivity contribution >= 4 is 11.4 Å². The molecule has 0 saturated heterocycles. The first kappa shape index (κ1) is 11.6. The molecule has 0 aromatic heterocycles. The number of nitrogens with zero attached hydrogens (tertiary/aromatic N) is 1. The number of nitrogens with two attached hydrogens (primary N) is 2. The molecule has 90 valence electrons. The zero-order valence-electron chi connectivity index (χ0n) is 9.97. The largest absolute Gasteiger partial charge is 0.399 e. The van der Waals surface area contributed by atoms with Gasteiger partial charge in [-0.1, -0.05) is 12.2 Å². The summed E-state index contributed by atoms with van der Waals surface area (Å²) in [6.45, 7) is 2.05. The number of benzene rings is 1. The van der Waals surface area contributed by atoms with Gasteiger partial charge in [-0.25, -0.2) is 0 Å². The van der Waals surface area contributed by atoms with E-state index in [1.165, 1.54) is 0 Å². The monoisotopic (exact) mass is 229 g/mol. The van der Waals surface area contributed by atoms with Gasteiger partial charge in [0.1, 0.15) is 0 Å². The average Bonchev–Trinajstić information content (AvgIpc) is 2.35. The van der Waals surface area contributed by atoms with Gasteiger partial charge in [0, 0.05) is 24.5 Å². The van der Waals surface area contributed by atoms with Crippen LogP contribution >= 0.6 is 0 Å². The van der Waals surface area contributed by atoms with Crippen molar-refractivity contribution in [1.29, 1.82) is 0 Å². The van der Waals surface area contributed by atoms with Crippen molar-refractivity contribution in [2.45, 2.75) is 12.8 Å². The fraction of sp³-hybridized carbons (Fsp3) is 0.286. The van der Waals surface area contributed by atoms with Gasteiger partial charge in [0.2, 0.25) is 0 Å².